The lowest BCUT2D eigenvalue weighted by Gasteiger charge is -2.16. The molecule has 12 heteroatoms. The van der Waals surface area contributed by atoms with E-state index < -0.39 is 35.1 Å². The second-order valence-corrected chi connectivity index (χ2v) is 7.34. The van der Waals surface area contributed by atoms with Gasteiger partial charge in [0.25, 0.3) is 5.91 Å². The molecule has 0 unspecified atom stereocenters. The number of benzene rings is 3. The Morgan fingerprint density at radius 1 is 0.943 bits per heavy atom. The summed E-state index contributed by atoms with van der Waals surface area (Å²) < 4.78 is 56.2. The minimum Gasteiger partial charge on any atom is -0.325 e. The molecule has 0 radical (unpaired) electrons. The molecular weight excluding hydrogens is 468 g/mol. The van der Waals surface area contributed by atoms with Crippen LogP contribution in [0.5, 0.6) is 0 Å². The molecule has 0 bridgehead atoms. The smallest absolute Gasteiger partial charge is 0.325 e. The number of alkyl halides is 3. The maximum atomic E-state index is 13.8. The lowest BCUT2D eigenvalue weighted by molar-refractivity contribution is -0.136. The third kappa shape index (κ3) is 5.66. The van der Waals surface area contributed by atoms with Crippen LogP contribution in [-0.4, -0.2) is 32.0 Å². The maximum Gasteiger partial charge on any atom is 0.418 e. The van der Waals surface area contributed by atoms with E-state index in [1.165, 1.54) is 35.3 Å². The van der Waals surface area contributed by atoms with Gasteiger partial charge in [-0.3, -0.25) is 9.59 Å². The number of nitrogens with one attached hydrogen (secondary N) is 2. The van der Waals surface area contributed by atoms with Crippen LogP contribution in [0.25, 0.3) is 5.69 Å². The molecule has 0 saturated heterocycles. The van der Waals surface area contributed by atoms with Crippen LogP contribution in [0, 0.1) is 5.82 Å². The van der Waals surface area contributed by atoms with Gasteiger partial charge in [0, 0.05) is 5.69 Å². The Morgan fingerprint density at radius 2 is 1.69 bits per heavy atom. The Labute approximate surface area is 195 Å². The van der Waals surface area contributed by atoms with Crippen LogP contribution in [0.2, 0.25) is 0 Å². The van der Waals surface area contributed by atoms with Gasteiger partial charge >= 0.3 is 6.18 Å². The summed E-state index contributed by atoms with van der Waals surface area (Å²) in [6.07, 6.45) is -3.61. The molecule has 1 heterocycles. The highest BCUT2D eigenvalue weighted by Crippen LogP contribution is 2.37. The summed E-state index contributed by atoms with van der Waals surface area (Å²) in [7, 11) is 0. The molecule has 0 aliphatic heterocycles. The van der Waals surface area contributed by atoms with Crippen LogP contribution in [0.15, 0.2) is 73.1 Å². The summed E-state index contributed by atoms with van der Waals surface area (Å²) in [6, 6.07) is 14.5. The number of amides is 2. The molecule has 4 aromatic rings. The Bertz CT molecular complexity index is 1360. The third-order valence-electron chi connectivity index (χ3n) is 4.89. The molecule has 0 fully saturated rings. The van der Waals surface area contributed by atoms with E-state index in [-0.39, 0.29) is 17.7 Å². The normalized spacial score (nSPS) is 11.2. The first-order valence-electron chi connectivity index (χ1n) is 10.1. The number of nitrogens with zero attached hydrogens (tertiary/aromatic N) is 4. The molecule has 0 spiro atoms. The zero-order valence-electron chi connectivity index (χ0n) is 17.8. The summed E-state index contributed by atoms with van der Waals surface area (Å²) in [4.78, 5) is 24.7. The fourth-order valence-corrected chi connectivity index (χ4v) is 3.24. The Kier molecular flexibility index (Phi) is 6.53. The number of carbonyl (C=O) groups excluding carboxylic acids is 2. The van der Waals surface area contributed by atoms with Crippen molar-refractivity contribution in [2.24, 2.45) is 0 Å². The largest absolute Gasteiger partial charge is 0.418 e. The van der Waals surface area contributed by atoms with Gasteiger partial charge in [0.1, 0.15) is 12.1 Å². The van der Waals surface area contributed by atoms with Crippen molar-refractivity contribution in [2.45, 2.75) is 12.6 Å². The Balaban J connectivity index is 1.48. The maximum absolute atomic E-state index is 13.8. The number of hydrogen-bond donors (Lipinski definition) is 2. The summed E-state index contributed by atoms with van der Waals surface area (Å²) in [5.74, 6) is -2.39. The number of anilines is 2. The van der Waals surface area contributed by atoms with Gasteiger partial charge in [0.2, 0.25) is 5.91 Å². The van der Waals surface area contributed by atoms with Crippen molar-refractivity contribution in [1.29, 1.82) is 0 Å². The van der Waals surface area contributed by atoms with Crippen molar-refractivity contribution in [1.82, 2.24) is 20.2 Å². The van der Waals surface area contributed by atoms with Crippen LogP contribution in [0.1, 0.15) is 21.5 Å². The topological polar surface area (TPSA) is 102 Å². The van der Waals surface area contributed by atoms with E-state index in [0.717, 1.165) is 12.1 Å². The van der Waals surface area contributed by atoms with Crippen molar-refractivity contribution in [3.05, 3.63) is 95.6 Å². The van der Waals surface area contributed by atoms with Gasteiger partial charge < -0.3 is 10.6 Å². The van der Waals surface area contributed by atoms with E-state index in [1.54, 1.807) is 24.3 Å². The van der Waals surface area contributed by atoms with E-state index >= 15 is 0 Å². The minimum atomic E-state index is -4.82. The molecule has 0 aliphatic rings. The lowest BCUT2D eigenvalue weighted by atomic mass is 10.1. The summed E-state index contributed by atoms with van der Waals surface area (Å²) in [6.45, 7) is 0. The van der Waals surface area contributed by atoms with Crippen molar-refractivity contribution in [3.63, 3.8) is 0 Å². The first kappa shape index (κ1) is 23.5. The van der Waals surface area contributed by atoms with Gasteiger partial charge in [-0.1, -0.05) is 24.3 Å². The van der Waals surface area contributed by atoms with Crippen LogP contribution in [0.4, 0.5) is 28.9 Å². The molecule has 178 valence electrons. The molecule has 8 nitrogen and oxygen atoms in total. The molecular formula is C23H16F4N6O2. The van der Waals surface area contributed by atoms with E-state index in [1.807, 2.05) is 0 Å². The predicted molar refractivity (Wildman–Crippen MR) is 117 cm³/mol. The van der Waals surface area contributed by atoms with Crippen molar-refractivity contribution in [2.75, 3.05) is 10.6 Å². The summed E-state index contributed by atoms with van der Waals surface area (Å²) in [5, 5.41) is 15.3. The lowest BCUT2D eigenvalue weighted by Crippen LogP contribution is -2.19. The van der Waals surface area contributed by atoms with Crippen molar-refractivity contribution in [3.8, 4) is 5.69 Å². The predicted octanol–water partition coefficient (Wildman–Crippen LogP) is 4.25. The van der Waals surface area contributed by atoms with Crippen molar-refractivity contribution >= 4 is 23.2 Å². The highest BCUT2D eigenvalue weighted by atomic mass is 19.4. The van der Waals surface area contributed by atoms with Gasteiger partial charge in [-0.05, 0) is 58.5 Å². The van der Waals surface area contributed by atoms with Crippen LogP contribution < -0.4 is 10.6 Å². The molecule has 3 aromatic carbocycles. The number of aromatic nitrogens is 4. The van der Waals surface area contributed by atoms with Gasteiger partial charge in [0.15, 0.2) is 0 Å². The fraction of sp³-hybridized carbons (Fsp3) is 0.0870. The summed E-state index contributed by atoms with van der Waals surface area (Å²) >= 11 is 0. The number of halogens is 4. The quantitative estimate of drug-likeness (QED) is 0.399. The summed E-state index contributed by atoms with van der Waals surface area (Å²) in [5.41, 5.74) is -0.956. The standard InChI is InChI=1S/C23H16F4N6O2/c24-19-4-2-1-3-17(19)22(35)29-15-7-10-20(18(12-15)23(25,26)27)30-21(34)11-14-5-8-16(9-6-14)33-13-28-31-32-33/h1-10,12-13H,11H2,(H,29,35)(H,30,34). The van der Waals surface area contributed by atoms with E-state index in [2.05, 4.69) is 26.2 Å². The fourth-order valence-electron chi connectivity index (χ4n) is 3.24. The molecule has 1 aromatic heterocycles. The van der Waals surface area contributed by atoms with E-state index in [0.29, 0.717) is 17.3 Å². The number of tetrazole rings is 1. The Morgan fingerprint density at radius 3 is 2.34 bits per heavy atom. The van der Waals surface area contributed by atoms with Crippen LogP contribution in [0.3, 0.4) is 0 Å². The second-order valence-electron chi connectivity index (χ2n) is 7.34. The molecule has 0 atom stereocenters. The van der Waals surface area contributed by atoms with E-state index in [4.69, 9.17) is 0 Å². The zero-order valence-corrected chi connectivity index (χ0v) is 17.8. The first-order chi connectivity index (χ1) is 16.7. The molecule has 4 rings (SSSR count). The van der Waals surface area contributed by atoms with Crippen molar-refractivity contribution < 1.29 is 27.2 Å². The average molecular weight is 484 g/mol. The van der Waals surface area contributed by atoms with Gasteiger partial charge in [0.05, 0.1) is 28.9 Å². The molecule has 2 amide bonds. The highest BCUT2D eigenvalue weighted by Gasteiger charge is 2.34. The molecule has 0 aliphatic carbocycles. The van der Waals surface area contributed by atoms with Gasteiger partial charge in [-0.25, -0.2) is 9.07 Å². The average Bonchev–Trinajstić information content (AvgIpc) is 3.35. The van der Waals surface area contributed by atoms with Crippen LogP contribution in [-0.2, 0) is 17.4 Å². The monoisotopic (exact) mass is 484 g/mol. The number of hydrogen-bond acceptors (Lipinski definition) is 5. The second kappa shape index (κ2) is 9.71. The van der Waals surface area contributed by atoms with Gasteiger partial charge in [-0.15, -0.1) is 5.10 Å². The number of rotatable bonds is 6. The molecule has 35 heavy (non-hydrogen) atoms. The SMILES string of the molecule is O=C(Cc1ccc(-n2cnnn2)cc1)Nc1ccc(NC(=O)c2ccccc2F)cc1C(F)(F)F. The van der Waals surface area contributed by atoms with Crippen LogP contribution >= 0.6 is 0 Å². The molecule has 0 saturated carbocycles. The highest BCUT2D eigenvalue weighted by molar-refractivity contribution is 6.04. The van der Waals surface area contributed by atoms with E-state index in [9.17, 15) is 27.2 Å². The Hall–Kier alpha value is -4.61. The molecule has 2 N–H and O–H groups in total. The number of carbonyl (C=O) groups is 2. The minimum absolute atomic E-state index is 0.182. The van der Waals surface area contributed by atoms with Gasteiger partial charge in [-0.2, -0.15) is 13.2 Å². The first-order valence-corrected chi connectivity index (χ1v) is 10.1. The zero-order chi connectivity index (χ0) is 25.0. The third-order valence-corrected chi connectivity index (χ3v) is 4.89.